The molecule has 0 aromatic heterocycles. The van der Waals surface area contributed by atoms with Gasteiger partial charge in [-0.15, -0.1) is 0 Å². The average molecular weight is 695 g/mol. The molecule has 0 spiro atoms. The van der Waals surface area contributed by atoms with Crippen molar-refractivity contribution in [3.05, 3.63) is 0 Å². The minimum absolute atomic E-state index is 0.0664. The Bertz CT molecular complexity index is 751. The molecule has 290 valence electrons. The van der Waals surface area contributed by atoms with Gasteiger partial charge in [-0.1, -0.05) is 189 Å². The van der Waals surface area contributed by atoms with E-state index in [0.29, 0.717) is 19.3 Å². The van der Waals surface area contributed by atoms with Crippen molar-refractivity contribution in [1.29, 1.82) is 0 Å². The number of hydrogen-bond acceptors (Lipinski definition) is 6. The van der Waals surface area contributed by atoms with Crippen molar-refractivity contribution in [2.24, 2.45) is 11.8 Å². The molecule has 0 aromatic rings. The summed E-state index contributed by atoms with van der Waals surface area (Å²) in [5.74, 6) is 0.784. The number of ether oxygens (including phenoxy) is 3. The molecule has 0 saturated carbocycles. The zero-order valence-electron chi connectivity index (χ0n) is 33.3. The second-order valence-electron chi connectivity index (χ2n) is 15.3. The summed E-state index contributed by atoms with van der Waals surface area (Å²) >= 11 is 0. The average Bonchev–Trinajstić information content (AvgIpc) is 3.08. The molecule has 6 heteroatoms. The number of esters is 3. The second kappa shape index (κ2) is 36.2. The monoisotopic (exact) mass is 695 g/mol. The molecule has 1 unspecified atom stereocenters. The predicted octanol–water partition coefficient (Wildman–Crippen LogP) is 13.0. The van der Waals surface area contributed by atoms with E-state index in [1.54, 1.807) is 0 Å². The fourth-order valence-electron chi connectivity index (χ4n) is 6.19. The summed E-state index contributed by atoms with van der Waals surface area (Å²) in [5, 5.41) is 0. The summed E-state index contributed by atoms with van der Waals surface area (Å²) in [5.41, 5.74) is 0. The quantitative estimate of drug-likeness (QED) is 0.0366. The molecule has 0 rings (SSSR count). The van der Waals surface area contributed by atoms with E-state index >= 15 is 0 Å². The number of unbranched alkanes of at least 4 members (excludes halogenated alkanes) is 21. The molecule has 2 atom stereocenters. The lowest BCUT2D eigenvalue weighted by atomic mass is 9.99. The summed E-state index contributed by atoms with van der Waals surface area (Å²) in [6.07, 6.45) is 32.4. The van der Waals surface area contributed by atoms with E-state index in [1.807, 2.05) is 0 Å². The van der Waals surface area contributed by atoms with Gasteiger partial charge in [0.05, 0.1) is 0 Å². The molecule has 49 heavy (non-hydrogen) atoms. The molecule has 0 N–H and O–H groups in total. The zero-order valence-corrected chi connectivity index (χ0v) is 33.3. The van der Waals surface area contributed by atoms with E-state index in [-0.39, 0.29) is 31.1 Å². The molecular weight excluding hydrogens is 612 g/mol. The maximum absolute atomic E-state index is 12.6. The maximum Gasteiger partial charge on any atom is 0.306 e. The first kappa shape index (κ1) is 47.4. The lowest BCUT2D eigenvalue weighted by Gasteiger charge is -2.18. The molecule has 0 fully saturated rings. The molecule has 0 bridgehead atoms. The highest BCUT2D eigenvalue weighted by atomic mass is 16.6. The molecule has 0 saturated heterocycles. The lowest BCUT2D eigenvalue weighted by molar-refractivity contribution is -0.167. The standard InChI is InChI=1S/C43H82O6/c1-6-8-9-10-16-23-28-33-41(44)47-36-40(49-43(46)35-30-25-20-13-11-12-17-21-26-31-38(3)4)37-48-42(45)34-29-24-19-15-14-18-22-27-32-39(5)7-2/h38-40H,6-37H2,1-5H3/t39?,40-/m1/s1. The van der Waals surface area contributed by atoms with Gasteiger partial charge in [-0.25, -0.2) is 0 Å². The zero-order chi connectivity index (χ0) is 36.2. The van der Waals surface area contributed by atoms with Crippen LogP contribution in [0.1, 0.15) is 227 Å². The summed E-state index contributed by atoms with van der Waals surface area (Å²) in [7, 11) is 0. The first-order valence-corrected chi connectivity index (χ1v) is 21.3. The Labute approximate surface area is 304 Å². The van der Waals surface area contributed by atoms with Gasteiger partial charge in [0.2, 0.25) is 0 Å². The molecule has 0 aliphatic carbocycles. The third kappa shape index (κ3) is 36.0. The second-order valence-corrected chi connectivity index (χ2v) is 15.3. The van der Waals surface area contributed by atoms with Crippen LogP contribution in [0.4, 0.5) is 0 Å². The Morgan fingerprint density at radius 3 is 1.16 bits per heavy atom. The van der Waals surface area contributed by atoms with Gasteiger partial charge in [0.15, 0.2) is 6.10 Å². The highest BCUT2D eigenvalue weighted by molar-refractivity contribution is 5.71. The van der Waals surface area contributed by atoms with E-state index in [2.05, 4.69) is 34.6 Å². The maximum atomic E-state index is 12.6. The fourth-order valence-corrected chi connectivity index (χ4v) is 6.19. The van der Waals surface area contributed by atoms with Gasteiger partial charge < -0.3 is 14.2 Å². The Morgan fingerprint density at radius 1 is 0.429 bits per heavy atom. The summed E-state index contributed by atoms with van der Waals surface area (Å²) in [6, 6.07) is 0. The largest absolute Gasteiger partial charge is 0.462 e. The molecule has 0 aliphatic rings. The summed E-state index contributed by atoms with van der Waals surface area (Å²) < 4.78 is 16.6. The Balaban J connectivity index is 4.32. The first-order valence-electron chi connectivity index (χ1n) is 21.3. The topological polar surface area (TPSA) is 78.9 Å². The third-order valence-electron chi connectivity index (χ3n) is 9.83. The van der Waals surface area contributed by atoms with Gasteiger partial charge in [0.25, 0.3) is 0 Å². The Kier molecular flexibility index (Phi) is 35.0. The lowest BCUT2D eigenvalue weighted by Crippen LogP contribution is -2.30. The summed E-state index contributed by atoms with van der Waals surface area (Å²) in [6.45, 7) is 11.3. The van der Waals surface area contributed by atoms with Crippen LogP contribution in [0, 0.1) is 11.8 Å². The van der Waals surface area contributed by atoms with Gasteiger partial charge in [-0.05, 0) is 31.1 Å². The smallest absolute Gasteiger partial charge is 0.306 e. The highest BCUT2D eigenvalue weighted by Crippen LogP contribution is 2.16. The highest BCUT2D eigenvalue weighted by Gasteiger charge is 2.19. The van der Waals surface area contributed by atoms with Crippen LogP contribution in [0.3, 0.4) is 0 Å². The van der Waals surface area contributed by atoms with Crippen molar-refractivity contribution in [2.45, 2.75) is 233 Å². The van der Waals surface area contributed by atoms with Crippen molar-refractivity contribution in [1.82, 2.24) is 0 Å². The minimum atomic E-state index is -0.759. The van der Waals surface area contributed by atoms with Crippen LogP contribution in [0.2, 0.25) is 0 Å². The van der Waals surface area contributed by atoms with Crippen LogP contribution in [-0.2, 0) is 28.6 Å². The predicted molar refractivity (Wildman–Crippen MR) is 206 cm³/mol. The molecule has 0 heterocycles. The van der Waals surface area contributed by atoms with Crippen molar-refractivity contribution < 1.29 is 28.6 Å². The van der Waals surface area contributed by atoms with Crippen molar-refractivity contribution >= 4 is 17.9 Å². The third-order valence-corrected chi connectivity index (χ3v) is 9.83. The van der Waals surface area contributed by atoms with Crippen LogP contribution < -0.4 is 0 Å². The van der Waals surface area contributed by atoms with Crippen LogP contribution in [0.5, 0.6) is 0 Å². The fraction of sp³-hybridized carbons (Fsp3) is 0.930. The van der Waals surface area contributed by atoms with E-state index in [9.17, 15) is 14.4 Å². The van der Waals surface area contributed by atoms with E-state index < -0.39 is 6.10 Å². The molecule has 0 aliphatic heterocycles. The van der Waals surface area contributed by atoms with Crippen molar-refractivity contribution in [2.75, 3.05) is 13.2 Å². The number of rotatable bonds is 37. The normalized spacial score (nSPS) is 12.6. The number of hydrogen-bond donors (Lipinski definition) is 0. The van der Waals surface area contributed by atoms with Gasteiger partial charge in [-0.3, -0.25) is 14.4 Å². The number of carbonyl (C=O) groups is 3. The van der Waals surface area contributed by atoms with E-state index in [0.717, 1.165) is 69.6 Å². The molecule has 6 nitrogen and oxygen atoms in total. The van der Waals surface area contributed by atoms with Gasteiger partial charge in [-0.2, -0.15) is 0 Å². The Morgan fingerprint density at radius 2 is 0.776 bits per heavy atom. The van der Waals surface area contributed by atoms with E-state index in [4.69, 9.17) is 14.2 Å². The molecule has 0 amide bonds. The van der Waals surface area contributed by atoms with Crippen molar-refractivity contribution in [3.63, 3.8) is 0 Å². The van der Waals surface area contributed by atoms with Crippen LogP contribution in [0.15, 0.2) is 0 Å². The minimum Gasteiger partial charge on any atom is -0.462 e. The summed E-state index contributed by atoms with van der Waals surface area (Å²) in [4.78, 5) is 37.5. The molecular formula is C43H82O6. The van der Waals surface area contributed by atoms with Gasteiger partial charge in [0, 0.05) is 19.3 Å². The van der Waals surface area contributed by atoms with Gasteiger partial charge >= 0.3 is 17.9 Å². The van der Waals surface area contributed by atoms with Crippen LogP contribution in [0.25, 0.3) is 0 Å². The SMILES string of the molecule is CCCCCCCCCC(=O)OC[C@H](COC(=O)CCCCCCCCCCC(C)CC)OC(=O)CCCCCCCCCCCC(C)C. The van der Waals surface area contributed by atoms with E-state index in [1.165, 1.54) is 116 Å². The van der Waals surface area contributed by atoms with Crippen molar-refractivity contribution in [3.8, 4) is 0 Å². The van der Waals surface area contributed by atoms with Gasteiger partial charge in [0.1, 0.15) is 13.2 Å². The van der Waals surface area contributed by atoms with Crippen LogP contribution in [-0.4, -0.2) is 37.2 Å². The molecule has 0 radical (unpaired) electrons. The Hall–Kier alpha value is -1.59. The molecule has 0 aromatic carbocycles. The number of carbonyl (C=O) groups excluding carboxylic acids is 3. The van der Waals surface area contributed by atoms with Crippen LogP contribution >= 0.6 is 0 Å². The first-order chi connectivity index (χ1) is 23.8.